The van der Waals surface area contributed by atoms with Gasteiger partial charge in [-0.25, -0.2) is 4.79 Å². The second-order valence-corrected chi connectivity index (χ2v) is 9.37. The van der Waals surface area contributed by atoms with E-state index < -0.39 is 10.8 Å². The number of carbonyl (C=O) groups excluding carboxylic acids is 2. The fourth-order valence-electron chi connectivity index (χ4n) is 4.46. The molecule has 186 valence electrons. The van der Waals surface area contributed by atoms with Crippen LogP contribution in [0, 0.1) is 37.8 Å². The van der Waals surface area contributed by atoms with E-state index >= 15 is 0 Å². The van der Waals surface area contributed by atoms with Gasteiger partial charge in [0.1, 0.15) is 0 Å². The molecule has 0 aliphatic carbocycles. The molecule has 0 radical (unpaired) electrons. The summed E-state index contributed by atoms with van der Waals surface area (Å²) in [6.07, 6.45) is 0.794. The zero-order chi connectivity index (χ0) is 26.0. The maximum Gasteiger partial charge on any atom is 0.324 e. The van der Waals surface area contributed by atoms with Crippen LogP contribution < -0.4 is 10.2 Å². The molecule has 0 bridgehead atoms. The molecule has 3 amide bonds. The Morgan fingerprint density at radius 1 is 0.944 bits per heavy atom. The minimum atomic E-state index is -0.499. The van der Waals surface area contributed by atoms with Gasteiger partial charge in [0.05, 0.1) is 16.3 Å². The summed E-state index contributed by atoms with van der Waals surface area (Å²) < 4.78 is 0. The van der Waals surface area contributed by atoms with Crippen LogP contribution in [0.4, 0.5) is 21.9 Å². The lowest BCUT2D eigenvalue weighted by atomic mass is 10.0. The number of rotatable bonds is 6. The molecule has 0 spiro atoms. The summed E-state index contributed by atoms with van der Waals surface area (Å²) in [6.45, 7) is 9.32. The standard InChI is InChI=1S/C28H30N4O4/c1-18-6-8-20(3)23(14-18)17-30-12-5-13-31(28(30)34)25-11-7-19(2)15-24(25)29-27(33)22-10-9-21(4)26(16-22)32(35)36/h6-11,14-16H,5,12-13,17H2,1-4H3,(H,29,33). The predicted octanol–water partition coefficient (Wildman–Crippen LogP) is 5.91. The summed E-state index contributed by atoms with van der Waals surface area (Å²) >= 11 is 0. The van der Waals surface area contributed by atoms with Crippen molar-refractivity contribution in [2.75, 3.05) is 23.3 Å². The Hall–Kier alpha value is -4.20. The van der Waals surface area contributed by atoms with E-state index in [9.17, 15) is 19.7 Å². The average Bonchev–Trinajstić information content (AvgIpc) is 2.83. The minimum Gasteiger partial charge on any atom is -0.320 e. The molecule has 1 aliphatic heterocycles. The summed E-state index contributed by atoms with van der Waals surface area (Å²) in [5.41, 5.74) is 5.97. The molecule has 8 nitrogen and oxygen atoms in total. The highest BCUT2D eigenvalue weighted by Gasteiger charge is 2.29. The average molecular weight is 487 g/mol. The highest BCUT2D eigenvalue weighted by atomic mass is 16.6. The number of hydrogen-bond donors (Lipinski definition) is 1. The predicted molar refractivity (Wildman–Crippen MR) is 141 cm³/mol. The van der Waals surface area contributed by atoms with Crippen LogP contribution in [0.3, 0.4) is 0 Å². The third-order valence-electron chi connectivity index (χ3n) is 6.54. The Labute approximate surface area is 210 Å². The highest BCUT2D eigenvalue weighted by Crippen LogP contribution is 2.31. The molecule has 4 rings (SSSR count). The van der Waals surface area contributed by atoms with Crippen LogP contribution in [0.15, 0.2) is 54.6 Å². The summed E-state index contributed by atoms with van der Waals surface area (Å²) in [5, 5.41) is 14.2. The van der Waals surface area contributed by atoms with Crippen molar-refractivity contribution in [1.82, 2.24) is 4.90 Å². The normalized spacial score (nSPS) is 13.6. The molecule has 0 saturated carbocycles. The Kier molecular flexibility index (Phi) is 7.05. The van der Waals surface area contributed by atoms with Crippen molar-refractivity contribution in [2.45, 2.75) is 40.7 Å². The Balaban J connectivity index is 1.60. The van der Waals surface area contributed by atoms with Gasteiger partial charge in [0, 0.05) is 36.8 Å². The number of carbonyl (C=O) groups is 2. The molecule has 36 heavy (non-hydrogen) atoms. The Morgan fingerprint density at radius 2 is 1.64 bits per heavy atom. The molecule has 1 heterocycles. The number of nitrogens with zero attached hydrogens (tertiary/aromatic N) is 3. The molecule has 1 N–H and O–H groups in total. The first-order valence-electron chi connectivity index (χ1n) is 11.9. The van der Waals surface area contributed by atoms with Crippen LogP contribution in [0.1, 0.15) is 44.6 Å². The quantitative estimate of drug-likeness (QED) is 0.346. The topological polar surface area (TPSA) is 95.8 Å². The number of urea groups is 1. The molecule has 1 saturated heterocycles. The number of benzene rings is 3. The van der Waals surface area contributed by atoms with E-state index in [-0.39, 0.29) is 17.3 Å². The van der Waals surface area contributed by atoms with Crippen LogP contribution in [-0.4, -0.2) is 34.9 Å². The van der Waals surface area contributed by atoms with Crippen molar-refractivity contribution in [3.63, 3.8) is 0 Å². The van der Waals surface area contributed by atoms with Crippen LogP contribution in [0.5, 0.6) is 0 Å². The van der Waals surface area contributed by atoms with Crippen molar-refractivity contribution in [3.05, 3.63) is 98.1 Å². The molecular weight excluding hydrogens is 456 g/mol. The van der Waals surface area contributed by atoms with E-state index in [0.29, 0.717) is 36.6 Å². The van der Waals surface area contributed by atoms with Gasteiger partial charge in [-0.3, -0.25) is 19.8 Å². The first-order chi connectivity index (χ1) is 17.1. The number of hydrogen-bond acceptors (Lipinski definition) is 4. The van der Waals surface area contributed by atoms with Gasteiger partial charge >= 0.3 is 6.03 Å². The SMILES string of the molecule is Cc1ccc(C)c(CN2CCCN(c3ccc(C)cc3NC(=O)c3ccc(C)c([N+](=O)[O-])c3)C2=O)c1. The molecular formula is C28H30N4O4. The lowest BCUT2D eigenvalue weighted by Gasteiger charge is -2.37. The second-order valence-electron chi connectivity index (χ2n) is 9.37. The van der Waals surface area contributed by atoms with Crippen LogP contribution in [0.2, 0.25) is 0 Å². The van der Waals surface area contributed by atoms with Crippen LogP contribution >= 0.6 is 0 Å². The van der Waals surface area contributed by atoms with Gasteiger partial charge in [-0.05, 0) is 69.0 Å². The second kappa shape index (κ2) is 10.2. The van der Waals surface area contributed by atoms with Gasteiger partial charge < -0.3 is 10.2 Å². The third kappa shape index (κ3) is 5.22. The van der Waals surface area contributed by atoms with Gasteiger partial charge in [-0.1, -0.05) is 35.9 Å². The smallest absolute Gasteiger partial charge is 0.320 e. The number of nitrogens with one attached hydrogen (secondary N) is 1. The summed E-state index contributed by atoms with van der Waals surface area (Å²) in [6, 6.07) is 16.1. The molecule has 0 atom stereocenters. The van der Waals surface area contributed by atoms with Crippen LogP contribution in [0.25, 0.3) is 0 Å². The maximum atomic E-state index is 13.5. The maximum absolute atomic E-state index is 13.5. The fraction of sp³-hybridized carbons (Fsp3) is 0.286. The van der Waals surface area contributed by atoms with E-state index in [4.69, 9.17) is 0 Å². The van der Waals surface area contributed by atoms with Crippen molar-refractivity contribution in [1.29, 1.82) is 0 Å². The minimum absolute atomic E-state index is 0.111. The monoisotopic (exact) mass is 486 g/mol. The molecule has 1 fully saturated rings. The first-order valence-corrected chi connectivity index (χ1v) is 11.9. The lowest BCUT2D eigenvalue weighted by Crippen LogP contribution is -2.49. The summed E-state index contributed by atoms with van der Waals surface area (Å²) in [5.74, 6) is -0.471. The largest absolute Gasteiger partial charge is 0.324 e. The van der Waals surface area contributed by atoms with E-state index in [0.717, 1.165) is 28.7 Å². The van der Waals surface area contributed by atoms with Gasteiger partial charge in [0.15, 0.2) is 0 Å². The van der Waals surface area contributed by atoms with Gasteiger partial charge in [0.25, 0.3) is 11.6 Å². The third-order valence-corrected chi connectivity index (χ3v) is 6.54. The van der Waals surface area contributed by atoms with Gasteiger partial charge in [-0.15, -0.1) is 0 Å². The molecule has 3 aromatic carbocycles. The van der Waals surface area contributed by atoms with Crippen LogP contribution in [-0.2, 0) is 6.54 Å². The number of amides is 3. The van der Waals surface area contributed by atoms with Gasteiger partial charge in [0.2, 0.25) is 0 Å². The number of nitro groups is 1. The Bertz CT molecular complexity index is 1350. The van der Waals surface area contributed by atoms with Gasteiger partial charge in [-0.2, -0.15) is 0 Å². The lowest BCUT2D eigenvalue weighted by molar-refractivity contribution is -0.385. The molecule has 3 aromatic rings. The van der Waals surface area contributed by atoms with E-state index in [1.54, 1.807) is 24.0 Å². The fourth-order valence-corrected chi connectivity index (χ4v) is 4.46. The number of nitro benzene ring substituents is 1. The van der Waals surface area contributed by atoms with E-state index in [1.165, 1.54) is 6.07 Å². The first kappa shape index (κ1) is 24.9. The molecule has 0 unspecified atom stereocenters. The summed E-state index contributed by atoms with van der Waals surface area (Å²) in [4.78, 5) is 40.9. The molecule has 8 heteroatoms. The molecule has 0 aromatic heterocycles. The Morgan fingerprint density at radius 3 is 2.39 bits per heavy atom. The molecule has 1 aliphatic rings. The highest BCUT2D eigenvalue weighted by molar-refractivity contribution is 6.08. The van der Waals surface area contributed by atoms with Crippen molar-refractivity contribution < 1.29 is 14.5 Å². The van der Waals surface area contributed by atoms with E-state index in [2.05, 4.69) is 23.5 Å². The zero-order valence-electron chi connectivity index (χ0n) is 21.0. The summed E-state index contributed by atoms with van der Waals surface area (Å²) in [7, 11) is 0. The van der Waals surface area contributed by atoms with Crippen molar-refractivity contribution >= 4 is 29.0 Å². The van der Waals surface area contributed by atoms with Crippen molar-refractivity contribution in [2.24, 2.45) is 0 Å². The zero-order valence-corrected chi connectivity index (χ0v) is 21.0. The number of aryl methyl sites for hydroxylation is 4. The van der Waals surface area contributed by atoms with E-state index in [1.807, 2.05) is 43.9 Å². The number of anilines is 2. The van der Waals surface area contributed by atoms with Crippen molar-refractivity contribution in [3.8, 4) is 0 Å².